The van der Waals surface area contributed by atoms with Gasteiger partial charge in [0.25, 0.3) is 0 Å². The Kier molecular flexibility index (Phi) is 4.37. The molecule has 0 amide bonds. The summed E-state index contributed by atoms with van der Waals surface area (Å²) in [7, 11) is 0. The van der Waals surface area contributed by atoms with Crippen LogP contribution in [0.2, 0.25) is 0 Å². The largest absolute Gasteiger partial charge is 0.354 e. The second-order valence-electron chi connectivity index (χ2n) is 4.34. The first-order valence-corrected chi connectivity index (χ1v) is 7.00. The van der Waals surface area contributed by atoms with Crippen LogP contribution in [0.3, 0.4) is 0 Å². The Morgan fingerprint density at radius 3 is 2.68 bits per heavy atom. The van der Waals surface area contributed by atoms with Gasteiger partial charge in [0, 0.05) is 18.4 Å². The first-order valence-electron chi connectivity index (χ1n) is 6.21. The summed E-state index contributed by atoms with van der Waals surface area (Å²) in [5.41, 5.74) is 3.55. The third kappa shape index (κ3) is 3.44. The standard InChI is InChI=1S/C14H17BrN4/c1-4-16-14-17-8-12(15)13(19-14)18-11-6-5-9(2)10(3)7-11/h5-8H,4H2,1-3H3,(H2,16,17,18,19). The van der Waals surface area contributed by atoms with E-state index in [2.05, 4.69) is 62.5 Å². The molecule has 2 aromatic rings. The average Bonchev–Trinajstić information content (AvgIpc) is 2.38. The van der Waals surface area contributed by atoms with Crippen LogP contribution in [0, 0.1) is 13.8 Å². The second-order valence-corrected chi connectivity index (χ2v) is 5.20. The summed E-state index contributed by atoms with van der Waals surface area (Å²) in [6, 6.07) is 6.25. The van der Waals surface area contributed by atoms with E-state index in [-0.39, 0.29) is 0 Å². The molecule has 0 radical (unpaired) electrons. The summed E-state index contributed by atoms with van der Waals surface area (Å²) in [6.07, 6.45) is 1.74. The number of halogens is 1. The molecule has 19 heavy (non-hydrogen) atoms. The third-order valence-electron chi connectivity index (χ3n) is 2.85. The van der Waals surface area contributed by atoms with Crippen LogP contribution in [0.4, 0.5) is 17.5 Å². The van der Waals surface area contributed by atoms with Gasteiger partial charge in [0.1, 0.15) is 5.82 Å². The van der Waals surface area contributed by atoms with E-state index in [1.54, 1.807) is 6.20 Å². The molecule has 2 rings (SSSR count). The molecule has 0 bridgehead atoms. The summed E-state index contributed by atoms with van der Waals surface area (Å²) in [6.45, 7) is 7.01. The Morgan fingerprint density at radius 1 is 1.21 bits per heavy atom. The first kappa shape index (κ1) is 13.8. The number of hydrogen-bond donors (Lipinski definition) is 2. The molecule has 0 spiro atoms. The molecule has 0 aliphatic rings. The van der Waals surface area contributed by atoms with Crippen LogP contribution in [-0.4, -0.2) is 16.5 Å². The smallest absolute Gasteiger partial charge is 0.224 e. The van der Waals surface area contributed by atoms with Crippen molar-refractivity contribution in [2.24, 2.45) is 0 Å². The van der Waals surface area contributed by atoms with E-state index in [4.69, 9.17) is 0 Å². The van der Waals surface area contributed by atoms with E-state index in [0.29, 0.717) is 5.95 Å². The fourth-order valence-corrected chi connectivity index (χ4v) is 1.94. The highest BCUT2D eigenvalue weighted by Gasteiger charge is 2.05. The maximum atomic E-state index is 4.43. The number of anilines is 3. The lowest BCUT2D eigenvalue weighted by Crippen LogP contribution is -2.04. The van der Waals surface area contributed by atoms with Gasteiger partial charge in [0.2, 0.25) is 5.95 Å². The van der Waals surface area contributed by atoms with Crippen molar-refractivity contribution in [2.45, 2.75) is 20.8 Å². The van der Waals surface area contributed by atoms with Crippen LogP contribution < -0.4 is 10.6 Å². The van der Waals surface area contributed by atoms with Crippen molar-refractivity contribution < 1.29 is 0 Å². The van der Waals surface area contributed by atoms with Gasteiger partial charge < -0.3 is 10.6 Å². The highest BCUT2D eigenvalue weighted by Crippen LogP contribution is 2.25. The van der Waals surface area contributed by atoms with Gasteiger partial charge in [-0.25, -0.2) is 4.98 Å². The predicted octanol–water partition coefficient (Wildman–Crippen LogP) is 4.03. The summed E-state index contributed by atoms with van der Waals surface area (Å²) in [5.74, 6) is 1.38. The summed E-state index contributed by atoms with van der Waals surface area (Å²) >= 11 is 3.46. The van der Waals surface area contributed by atoms with Gasteiger partial charge in [-0.15, -0.1) is 0 Å². The minimum Gasteiger partial charge on any atom is -0.354 e. The molecule has 5 heteroatoms. The molecular weight excluding hydrogens is 304 g/mol. The van der Waals surface area contributed by atoms with E-state index < -0.39 is 0 Å². The lowest BCUT2D eigenvalue weighted by atomic mass is 10.1. The van der Waals surface area contributed by atoms with Crippen molar-refractivity contribution in [3.05, 3.63) is 40.0 Å². The lowest BCUT2D eigenvalue weighted by Gasteiger charge is -2.11. The Labute approximate surface area is 121 Å². The lowest BCUT2D eigenvalue weighted by molar-refractivity contribution is 1.08. The molecule has 0 aliphatic heterocycles. The molecule has 100 valence electrons. The number of hydrogen-bond acceptors (Lipinski definition) is 4. The topological polar surface area (TPSA) is 49.8 Å². The van der Waals surface area contributed by atoms with Crippen molar-refractivity contribution in [3.8, 4) is 0 Å². The zero-order valence-electron chi connectivity index (χ0n) is 11.3. The van der Waals surface area contributed by atoms with Crippen LogP contribution in [0.25, 0.3) is 0 Å². The second kappa shape index (κ2) is 6.02. The molecular formula is C14H17BrN4. The molecule has 0 atom stereocenters. The van der Waals surface area contributed by atoms with Gasteiger partial charge in [0.05, 0.1) is 4.47 Å². The molecule has 0 unspecified atom stereocenters. The number of rotatable bonds is 4. The highest BCUT2D eigenvalue weighted by molar-refractivity contribution is 9.10. The van der Waals surface area contributed by atoms with Crippen molar-refractivity contribution in [2.75, 3.05) is 17.2 Å². The summed E-state index contributed by atoms with van der Waals surface area (Å²) in [5, 5.41) is 6.40. The zero-order valence-corrected chi connectivity index (χ0v) is 12.9. The minimum atomic E-state index is 0.622. The Morgan fingerprint density at radius 2 is 2.00 bits per heavy atom. The van der Waals surface area contributed by atoms with Crippen molar-refractivity contribution in [1.82, 2.24) is 9.97 Å². The van der Waals surface area contributed by atoms with E-state index in [1.807, 2.05) is 13.0 Å². The monoisotopic (exact) mass is 320 g/mol. The van der Waals surface area contributed by atoms with Gasteiger partial charge in [-0.1, -0.05) is 6.07 Å². The fraction of sp³-hybridized carbons (Fsp3) is 0.286. The van der Waals surface area contributed by atoms with Gasteiger partial charge >= 0.3 is 0 Å². The van der Waals surface area contributed by atoms with Gasteiger partial charge in [0.15, 0.2) is 0 Å². The normalized spacial score (nSPS) is 10.3. The Balaban J connectivity index is 2.26. The van der Waals surface area contributed by atoms with Crippen LogP contribution in [0.1, 0.15) is 18.1 Å². The van der Waals surface area contributed by atoms with Gasteiger partial charge in [-0.3, -0.25) is 0 Å². The van der Waals surface area contributed by atoms with E-state index in [9.17, 15) is 0 Å². The number of aromatic nitrogens is 2. The Hall–Kier alpha value is -1.62. The maximum absolute atomic E-state index is 4.43. The molecule has 4 nitrogen and oxygen atoms in total. The van der Waals surface area contributed by atoms with Crippen LogP contribution in [0.15, 0.2) is 28.9 Å². The molecule has 0 fully saturated rings. The molecule has 1 aromatic heterocycles. The van der Waals surface area contributed by atoms with Gasteiger partial charge in [-0.2, -0.15) is 4.98 Å². The number of nitrogens with one attached hydrogen (secondary N) is 2. The molecule has 0 saturated carbocycles. The predicted molar refractivity (Wildman–Crippen MR) is 83.1 cm³/mol. The van der Waals surface area contributed by atoms with E-state index in [1.165, 1.54) is 11.1 Å². The highest BCUT2D eigenvalue weighted by atomic mass is 79.9. The number of nitrogens with zero attached hydrogens (tertiary/aromatic N) is 2. The number of aryl methyl sites for hydroxylation is 2. The zero-order chi connectivity index (χ0) is 13.8. The number of benzene rings is 1. The molecule has 1 heterocycles. The molecule has 0 aliphatic carbocycles. The molecule has 2 N–H and O–H groups in total. The van der Waals surface area contributed by atoms with Crippen LogP contribution in [-0.2, 0) is 0 Å². The Bertz CT molecular complexity index is 584. The quantitative estimate of drug-likeness (QED) is 0.892. The fourth-order valence-electron chi connectivity index (χ4n) is 1.65. The van der Waals surface area contributed by atoms with Crippen LogP contribution in [0.5, 0.6) is 0 Å². The van der Waals surface area contributed by atoms with Crippen molar-refractivity contribution in [1.29, 1.82) is 0 Å². The third-order valence-corrected chi connectivity index (χ3v) is 3.43. The minimum absolute atomic E-state index is 0.622. The first-order chi connectivity index (χ1) is 9.10. The summed E-state index contributed by atoms with van der Waals surface area (Å²) < 4.78 is 0.840. The van der Waals surface area contributed by atoms with Crippen molar-refractivity contribution in [3.63, 3.8) is 0 Å². The SMILES string of the molecule is CCNc1ncc(Br)c(Nc2ccc(C)c(C)c2)n1. The summed E-state index contributed by atoms with van der Waals surface area (Å²) in [4.78, 5) is 8.62. The molecule has 0 saturated heterocycles. The average molecular weight is 321 g/mol. The van der Waals surface area contributed by atoms with Crippen LogP contribution >= 0.6 is 15.9 Å². The maximum Gasteiger partial charge on any atom is 0.224 e. The van der Waals surface area contributed by atoms with Crippen molar-refractivity contribution >= 4 is 33.4 Å². The van der Waals surface area contributed by atoms with E-state index in [0.717, 1.165) is 22.5 Å². The van der Waals surface area contributed by atoms with Gasteiger partial charge in [-0.05, 0) is 60.0 Å². The molecule has 1 aromatic carbocycles. The van der Waals surface area contributed by atoms with E-state index >= 15 is 0 Å².